The minimum absolute atomic E-state index is 0.0488. The maximum Gasteiger partial charge on any atom is 0.402 e. The minimum atomic E-state index is -4.60. The highest BCUT2D eigenvalue weighted by Gasteiger charge is 2.41. The zero-order valence-electron chi connectivity index (χ0n) is 7.13. The van der Waals surface area contributed by atoms with Crippen molar-refractivity contribution >= 4 is 9.84 Å². The predicted molar refractivity (Wildman–Crippen MR) is 42.0 cm³/mol. The van der Waals surface area contributed by atoms with Crippen LogP contribution in [0.15, 0.2) is 0 Å². The van der Waals surface area contributed by atoms with Crippen LogP contribution < -0.4 is 0 Å². The Balaban J connectivity index is 2.47. The molecule has 0 N–H and O–H groups in total. The molecule has 0 heterocycles. The van der Waals surface area contributed by atoms with E-state index < -0.39 is 21.8 Å². The van der Waals surface area contributed by atoms with Crippen molar-refractivity contribution < 1.29 is 21.6 Å². The number of hydrogen-bond acceptors (Lipinski definition) is 2. The Labute approximate surface area is 75.0 Å². The second-order valence-corrected chi connectivity index (χ2v) is 5.75. The van der Waals surface area contributed by atoms with Crippen LogP contribution in [0.4, 0.5) is 13.2 Å². The molecule has 1 rings (SSSR count). The van der Waals surface area contributed by atoms with Crippen LogP contribution >= 0.6 is 0 Å². The van der Waals surface area contributed by atoms with E-state index in [1.165, 1.54) is 0 Å². The van der Waals surface area contributed by atoms with Crippen LogP contribution in [0.1, 0.15) is 13.3 Å². The van der Waals surface area contributed by atoms with Crippen molar-refractivity contribution in [3.8, 4) is 0 Å². The van der Waals surface area contributed by atoms with Gasteiger partial charge in [0.25, 0.3) is 0 Å². The molecule has 0 amide bonds. The topological polar surface area (TPSA) is 34.1 Å². The first-order valence-corrected chi connectivity index (χ1v) is 5.79. The van der Waals surface area contributed by atoms with Gasteiger partial charge in [-0.05, 0) is 18.3 Å². The molecule has 13 heavy (non-hydrogen) atoms. The predicted octanol–water partition coefficient (Wildman–Crippen LogP) is 1.62. The number of alkyl halides is 3. The van der Waals surface area contributed by atoms with E-state index in [1.807, 2.05) is 6.92 Å². The molecule has 0 aromatic carbocycles. The largest absolute Gasteiger partial charge is 0.402 e. The highest BCUT2D eigenvalue weighted by atomic mass is 32.2. The molecule has 1 unspecified atom stereocenters. The van der Waals surface area contributed by atoms with Gasteiger partial charge >= 0.3 is 6.18 Å². The highest BCUT2D eigenvalue weighted by molar-refractivity contribution is 7.91. The van der Waals surface area contributed by atoms with E-state index in [-0.39, 0.29) is 17.6 Å². The normalized spacial score (nSPS) is 28.9. The molecule has 0 bridgehead atoms. The van der Waals surface area contributed by atoms with Gasteiger partial charge in [-0.3, -0.25) is 0 Å². The van der Waals surface area contributed by atoms with Crippen LogP contribution in [-0.4, -0.2) is 26.1 Å². The van der Waals surface area contributed by atoms with Crippen molar-refractivity contribution in [3.63, 3.8) is 0 Å². The standard InChI is InChI=1S/C7H11F3O2S/c1-5-2-6(5)3-13(11,12)4-7(8,9)10/h5-6H,2-4H2,1H3/t5?,6-/m0/s1. The van der Waals surface area contributed by atoms with Crippen molar-refractivity contribution in [2.45, 2.75) is 19.5 Å². The van der Waals surface area contributed by atoms with E-state index in [4.69, 9.17) is 0 Å². The van der Waals surface area contributed by atoms with Crippen molar-refractivity contribution in [1.29, 1.82) is 0 Å². The summed E-state index contributed by atoms with van der Waals surface area (Å²) in [6.45, 7) is 1.84. The highest BCUT2D eigenvalue weighted by Crippen LogP contribution is 2.39. The van der Waals surface area contributed by atoms with E-state index in [9.17, 15) is 21.6 Å². The molecule has 0 aromatic rings. The van der Waals surface area contributed by atoms with Gasteiger partial charge in [0.1, 0.15) is 5.75 Å². The first-order chi connectivity index (χ1) is 5.70. The molecule has 1 aliphatic carbocycles. The average molecular weight is 216 g/mol. The molecule has 0 aromatic heterocycles. The molecule has 1 saturated carbocycles. The van der Waals surface area contributed by atoms with Gasteiger partial charge in [0.2, 0.25) is 0 Å². The van der Waals surface area contributed by atoms with E-state index in [0.717, 1.165) is 6.42 Å². The lowest BCUT2D eigenvalue weighted by atomic mass is 10.4. The number of sulfone groups is 1. The van der Waals surface area contributed by atoms with Crippen molar-refractivity contribution in [3.05, 3.63) is 0 Å². The average Bonchev–Trinajstić information content (AvgIpc) is 2.36. The number of rotatable bonds is 3. The Kier molecular flexibility index (Phi) is 2.62. The second kappa shape index (κ2) is 3.15. The fourth-order valence-corrected chi connectivity index (χ4v) is 3.00. The maximum atomic E-state index is 11.7. The van der Waals surface area contributed by atoms with Crippen LogP contribution in [0.25, 0.3) is 0 Å². The Bertz CT molecular complexity index is 281. The molecule has 0 spiro atoms. The van der Waals surface area contributed by atoms with E-state index >= 15 is 0 Å². The smallest absolute Gasteiger partial charge is 0.228 e. The molecule has 6 heteroatoms. The zero-order valence-corrected chi connectivity index (χ0v) is 7.95. The van der Waals surface area contributed by atoms with Crippen molar-refractivity contribution in [2.75, 3.05) is 11.5 Å². The van der Waals surface area contributed by atoms with Crippen LogP contribution in [0, 0.1) is 11.8 Å². The molecule has 2 nitrogen and oxygen atoms in total. The minimum Gasteiger partial charge on any atom is -0.228 e. The van der Waals surface area contributed by atoms with Crippen LogP contribution in [0.2, 0.25) is 0 Å². The van der Waals surface area contributed by atoms with E-state index in [2.05, 4.69) is 0 Å². The molecule has 1 fully saturated rings. The summed E-state index contributed by atoms with van der Waals surface area (Å²) in [5.74, 6) is -1.77. The Morgan fingerprint density at radius 3 is 2.15 bits per heavy atom. The first kappa shape index (κ1) is 10.8. The third-order valence-corrected chi connectivity index (χ3v) is 3.83. The Morgan fingerprint density at radius 1 is 1.38 bits per heavy atom. The van der Waals surface area contributed by atoms with Gasteiger partial charge in [-0.15, -0.1) is 0 Å². The van der Waals surface area contributed by atoms with Gasteiger partial charge in [-0.1, -0.05) is 6.92 Å². The summed E-state index contributed by atoms with van der Waals surface area (Å²) in [6.07, 6.45) is -3.87. The van der Waals surface area contributed by atoms with Gasteiger partial charge < -0.3 is 0 Å². The second-order valence-electron chi connectivity index (χ2n) is 3.64. The van der Waals surface area contributed by atoms with Gasteiger partial charge in [-0.2, -0.15) is 13.2 Å². The molecular weight excluding hydrogens is 205 g/mol. The third kappa shape index (κ3) is 3.97. The lowest BCUT2D eigenvalue weighted by Gasteiger charge is -2.06. The van der Waals surface area contributed by atoms with Crippen molar-refractivity contribution in [2.24, 2.45) is 11.8 Å². The number of hydrogen-bond donors (Lipinski definition) is 0. The summed E-state index contributed by atoms with van der Waals surface area (Å²) in [4.78, 5) is 0. The van der Waals surface area contributed by atoms with Gasteiger partial charge in [0.15, 0.2) is 9.84 Å². The fourth-order valence-electron chi connectivity index (χ4n) is 1.27. The van der Waals surface area contributed by atoms with E-state index in [1.54, 1.807) is 0 Å². The van der Waals surface area contributed by atoms with Crippen LogP contribution in [0.5, 0.6) is 0 Å². The molecule has 0 saturated heterocycles. The molecule has 78 valence electrons. The molecule has 1 aliphatic rings. The summed E-state index contributed by atoms with van der Waals surface area (Å²) < 4.78 is 57.1. The molecule has 0 aliphatic heterocycles. The monoisotopic (exact) mass is 216 g/mol. The lowest BCUT2D eigenvalue weighted by Crippen LogP contribution is -2.25. The van der Waals surface area contributed by atoms with Gasteiger partial charge in [0.05, 0.1) is 5.75 Å². The summed E-state index contributed by atoms with van der Waals surface area (Å²) >= 11 is 0. The fraction of sp³-hybridized carbons (Fsp3) is 1.00. The maximum absolute atomic E-state index is 11.7. The quantitative estimate of drug-likeness (QED) is 0.718. The summed E-state index contributed by atoms with van der Waals surface area (Å²) in [6, 6.07) is 0. The molecule has 0 radical (unpaired) electrons. The van der Waals surface area contributed by atoms with E-state index in [0.29, 0.717) is 0 Å². The van der Waals surface area contributed by atoms with Crippen LogP contribution in [-0.2, 0) is 9.84 Å². The molecular formula is C7H11F3O2S. The zero-order chi connectivity index (χ0) is 10.3. The molecule has 2 atom stereocenters. The van der Waals surface area contributed by atoms with Gasteiger partial charge in [-0.25, -0.2) is 8.42 Å². The third-order valence-electron chi connectivity index (χ3n) is 2.13. The summed E-state index contributed by atoms with van der Waals surface area (Å²) in [7, 11) is -3.93. The summed E-state index contributed by atoms with van der Waals surface area (Å²) in [5.41, 5.74) is 0. The summed E-state index contributed by atoms with van der Waals surface area (Å²) in [5, 5.41) is 0. The lowest BCUT2D eigenvalue weighted by molar-refractivity contribution is -0.106. The Morgan fingerprint density at radius 2 is 1.85 bits per heavy atom. The van der Waals surface area contributed by atoms with Gasteiger partial charge in [0, 0.05) is 0 Å². The van der Waals surface area contributed by atoms with Crippen LogP contribution in [0.3, 0.4) is 0 Å². The Hall–Kier alpha value is -0.260. The SMILES string of the molecule is CC1C[C@H]1CS(=O)(=O)CC(F)(F)F. The van der Waals surface area contributed by atoms with Crippen molar-refractivity contribution in [1.82, 2.24) is 0 Å². The first-order valence-electron chi connectivity index (χ1n) is 3.97. The number of halogens is 3.